The predicted molar refractivity (Wildman–Crippen MR) is 55.7 cm³/mol. The molecule has 0 aromatic rings. The van der Waals surface area contributed by atoms with Gasteiger partial charge in [-0.25, -0.2) is 0 Å². The van der Waals surface area contributed by atoms with Crippen molar-refractivity contribution < 1.29 is 9.53 Å². The van der Waals surface area contributed by atoms with Crippen LogP contribution in [0.1, 0.15) is 26.7 Å². The number of esters is 1. The lowest BCUT2D eigenvalue weighted by molar-refractivity contribution is -0.152. The van der Waals surface area contributed by atoms with Gasteiger partial charge in [-0.1, -0.05) is 13.8 Å². The molecule has 0 unspecified atom stereocenters. The molecule has 14 heavy (non-hydrogen) atoms. The molecular formula is C9H19N3O2. The fourth-order valence-electron chi connectivity index (χ4n) is 1.29. The van der Waals surface area contributed by atoms with Gasteiger partial charge in [-0.3, -0.25) is 9.79 Å². The highest BCUT2D eigenvalue weighted by Crippen LogP contribution is 2.28. The zero-order valence-corrected chi connectivity index (χ0v) is 9.04. The first-order valence-corrected chi connectivity index (χ1v) is 4.66. The maximum atomic E-state index is 11.5. The van der Waals surface area contributed by atoms with E-state index < -0.39 is 5.41 Å². The van der Waals surface area contributed by atoms with Crippen LogP contribution in [0.3, 0.4) is 0 Å². The van der Waals surface area contributed by atoms with E-state index in [9.17, 15) is 4.79 Å². The first kappa shape index (κ1) is 12.7. The van der Waals surface area contributed by atoms with E-state index in [1.54, 1.807) is 0 Å². The quantitative estimate of drug-likeness (QED) is 0.378. The van der Waals surface area contributed by atoms with Crippen molar-refractivity contribution in [3.63, 3.8) is 0 Å². The van der Waals surface area contributed by atoms with E-state index in [1.165, 1.54) is 7.11 Å². The zero-order valence-electron chi connectivity index (χ0n) is 9.04. The predicted octanol–water partition coefficient (Wildman–Crippen LogP) is 0.239. The van der Waals surface area contributed by atoms with Gasteiger partial charge in [-0.2, -0.15) is 0 Å². The number of ether oxygens (including phenoxy) is 1. The van der Waals surface area contributed by atoms with Crippen molar-refractivity contribution in [2.75, 3.05) is 13.7 Å². The van der Waals surface area contributed by atoms with Crippen molar-refractivity contribution in [3.8, 4) is 0 Å². The number of nitrogens with zero attached hydrogens (tertiary/aromatic N) is 1. The minimum absolute atomic E-state index is 0.000165. The number of carbonyl (C=O) groups is 1. The minimum Gasteiger partial charge on any atom is -0.469 e. The summed E-state index contributed by atoms with van der Waals surface area (Å²) in [6.07, 6.45) is 1.32. The Hall–Kier alpha value is -1.26. The summed E-state index contributed by atoms with van der Waals surface area (Å²) in [4.78, 5) is 15.4. The number of aliphatic imine (C=N–C) groups is 1. The highest BCUT2D eigenvalue weighted by Gasteiger charge is 2.35. The number of hydrogen-bond acceptors (Lipinski definition) is 3. The van der Waals surface area contributed by atoms with Crippen LogP contribution in [0.4, 0.5) is 0 Å². The lowest BCUT2D eigenvalue weighted by Gasteiger charge is -2.26. The summed E-state index contributed by atoms with van der Waals surface area (Å²) in [7, 11) is 1.37. The van der Waals surface area contributed by atoms with Crippen LogP contribution in [-0.4, -0.2) is 25.6 Å². The molecule has 0 aliphatic rings. The number of carbonyl (C=O) groups excluding carboxylic acids is 1. The fraction of sp³-hybridized carbons (Fsp3) is 0.778. The molecule has 5 nitrogen and oxygen atoms in total. The highest BCUT2D eigenvalue weighted by atomic mass is 16.5. The maximum absolute atomic E-state index is 11.5. The van der Waals surface area contributed by atoms with E-state index in [4.69, 9.17) is 16.2 Å². The molecular weight excluding hydrogens is 182 g/mol. The van der Waals surface area contributed by atoms with Gasteiger partial charge in [0.05, 0.1) is 19.1 Å². The summed E-state index contributed by atoms with van der Waals surface area (Å²) in [5.41, 5.74) is 9.87. The van der Waals surface area contributed by atoms with Gasteiger partial charge in [0.2, 0.25) is 0 Å². The lowest BCUT2D eigenvalue weighted by atomic mass is 9.82. The summed E-state index contributed by atoms with van der Waals surface area (Å²) < 4.78 is 4.74. The van der Waals surface area contributed by atoms with Crippen molar-refractivity contribution in [1.29, 1.82) is 0 Å². The molecule has 4 N–H and O–H groups in total. The SMILES string of the molecule is CCC(CC)(CN=C(N)N)C(=O)OC. The van der Waals surface area contributed by atoms with Crippen LogP contribution in [0.5, 0.6) is 0 Å². The van der Waals surface area contributed by atoms with Gasteiger partial charge in [0.1, 0.15) is 0 Å². The molecule has 0 bridgehead atoms. The first-order chi connectivity index (χ1) is 6.52. The molecule has 0 saturated heterocycles. The molecule has 0 saturated carbocycles. The average Bonchev–Trinajstić information content (AvgIpc) is 2.19. The Bertz CT molecular complexity index is 218. The Morgan fingerprint density at radius 1 is 1.36 bits per heavy atom. The van der Waals surface area contributed by atoms with Crippen LogP contribution in [0.2, 0.25) is 0 Å². The van der Waals surface area contributed by atoms with E-state index in [-0.39, 0.29) is 18.5 Å². The van der Waals surface area contributed by atoms with E-state index in [1.807, 2.05) is 13.8 Å². The molecule has 0 rings (SSSR count). The fourth-order valence-corrected chi connectivity index (χ4v) is 1.29. The van der Waals surface area contributed by atoms with Crippen LogP contribution >= 0.6 is 0 Å². The zero-order chi connectivity index (χ0) is 11.2. The van der Waals surface area contributed by atoms with E-state index in [0.29, 0.717) is 12.8 Å². The second-order valence-corrected chi connectivity index (χ2v) is 3.22. The minimum atomic E-state index is -0.585. The van der Waals surface area contributed by atoms with Gasteiger partial charge in [0, 0.05) is 0 Å². The maximum Gasteiger partial charge on any atom is 0.313 e. The third-order valence-electron chi connectivity index (χ3n) is 2.54. The smallest absolute Gasteiger partial charge is 0.313 e. The Kier molecular flexibility index (Phi) is 4.97. The first-order valence-electron chi connectivity index (χ1n) is 4.66. The van der Waals surface area contributed by atoms with Crippen molar-refractivity contribution in [2.24, 2.45) is 21.9 Å². The van der Waals surface area contributed by atoms with Crippen LogP contribution in [0, 0.1) is 5.41 Å². The second-order valence-electron chi connectivity index (χ2n) is 3.22. The lowest BCUT2D eigenvalue weighted by Crippen LogP contribution is -2.36. The summed E-state index contributed by atoms with van der Waals surface area (Å²) in [6, 6.07) is 0. The summed E-state index contributed by atoms with van der Waals surface area (Å²) in [5, 5.41) is 0. The molecule has 0 amide bonds. The van der Waals surface area contributed by atoms with Gasteiger partial charge in [0.25, 0.3) is 0 Å². The summed E-state index contributed by atoms with van der Waals surface area (Å²) in [5.74, 6) is -0.257. The molecule has 0 aliphatic carbocycles. The number of methoxy groups -OCH3 is 1. The van der Waals surface area contributed by atoms with E-state index >= 15 is 0 Å². The van der Waals surface area contributed by atoms with E-state index in [2.05, 4.69) is 4.99 Å². The molecule has 5 heteroatoms. The molecule has 0 aromatic carbocycles. The van der Waals surface area contributed by atoms with E-state index in [0.717, 1.165) is 0 Å². The molecule has 0 atom stereocenters. The van der Waals surface area contributed by atoms with Gasteiger partial charge >= 0.3 is 5.97 Å². The highest BCUT2D eigenvalue weighted by molar-refractivity contribution is 5.79. The van der Waals surface area contributed by atoms with Crippen LogP contribution in [-0.2, 0) is 9.53 Å². The number of hydrogen-bond donors (Lipinski definition) is 2. The van der Waals surface area contributed by atoms with Gasteiger partial charge in [-0.05, 0) is 12.8 Å². The third kappa shape index (κ3) is 2.90. The number of nitrogens with two attached hydrogens (primary N) is 2. The van der Waals surface area contributed by atoms with Crippen molar-refractivity contribution >= 4 is 11.9 Å². The topological polar surface area (TPSA) is 90.7 Å². The van der Waals surface area contributed by atoms with Crippen LogP contribution < -0.4 is 11.5 Å². The molecule has 82 valence electrons. The summed E-state index contributed by atoms with van der Waals surface area (Å²) in [6.45, 7) is 4.13. The van der Waals surface area contributed by atoms with Crippen molar-refractivity contribution in [2.45, 2.75) is 26.7 Å². The number of guanidine groups is 1. The normalized spacial score (nSPS) is 10.8. The van der Waals surface area contributed by atoms with Gasteiger partial charge in [0.15, 0.2) is 5.96 Å². The van der Waals surface area contributed by atoms with Crippen LogP contribution in [0.15, 0.2) is 4.99 Å². The van der Waals surface area contributed by atoms with Crippen molar-refractivity contribution in [3.05, 3.63) is 0 Å². The Labute approximate surface area is 84.5 Å². The van der Waals surface area contributed by atoms with Crippen molar-refractivity contribution in [1.82, 2.24) is 0 Å². The van der Waals surface area contributed by atoms with Crippen LogP contribution in [0.25, 0.3) is 0 Å². The Morgan fingerprint density at radius 2 is 1.86 bits per heavy atom. The molecule has 0 radical (unpaired) electrons. The largest absolute Gasteiger partial charge is 0.469 e. The second kappa shape index (κ2) is 5.47. The van der Waals surface area contributed by atoms with Gasteiger partial charge in [-0.15, -0.1) is 0 Å². The molecule has 0 fully saturated rings. The molecule has 0 spiro atoms. The summed E-state index contributed by atoms with van der Waals surface area (Å²) >= 11 is 0. The molecule has 0 heterocycles. The standard InChI is InChI=1S/C9H19N3O2/c1-4-9(5-2,7(13)14-3)6-12-8(10)11/h4-6H2,1-3H3,(H4,10,11,12). The third-order valence-corrected chi connectivity index (χ3v) is 2.54. The Morgan fingerprint density at radius 3 is 2.14 bits per heavy atom. The molecule has 0 aromatic heterocycles. The average molecular weight is 201 g/mol. The molecule has 0 aliphatic heterocycles. The number of rotatable bonds is 5. The monoisotopic (exact) mass is 201 g/mol. The Balaban J connectivity index is 4.70. The van der Waals surface area contributed by atoms with Gasteiger partial charge < -0.3 is 16.2 Å².